The van der Waals surface area contributed by atoms with Crippen LogP contribution in [0.3, 0.4) is 0 Å². The molecule has 18 heavy (non-hydrogen) atoms. The number of halogens is 1. The predicted molar refractivity (Wildman–Crippen MR) is 67.2 cm³/mol. The molecule has 0 saturated carbocycles. The summed E-state index contributed by atoms with van der Waals surface area (Å²) in [5.41, 5.74) is 1.21. The van der Waals surface area contributed by atoms with Gasteiger partial charge in [0.1, 0.15) is 0 Å². The van der Waals surface area contributed by atoms with Crippen molar-refractivity contribution in [2.24, 2.45) is 0 Å². The van der Waals surface area contributed by atoms with Gasteiger partial charge in [0.05, 0.1) is 6.04 Å². The average Bonchev–Trinajstić information content (AvgIpc) is 2.40. The molecule has 0 radical (unpaired) electrons. The van der Waals surface area contributed by atoms with E-state index in [0.29, 0.717) is 0 Å². The summed E-state index contributed by atoms with van der Waals surface area (Å²) in [5, 5.41) is 10.4. The Morgan fingerprint density at radius 1 is 1.22 bits per heavy atom. The van der Waals surface area contributed by atoms with Crippen LogP contribution in [0.1, 0.15) is 29.0 Å². The van der Waals surface area contributed by atoms with E-state index in [-0.39, 0.29) is 22.8 Å². The van der Waals surface area contributed by atoms with Gasteiger partial charge in [-0.3, -0.25) is 9.78 Å². The Labute approximate surface area is 109 Å². The van der Waals surface area contributed by atoms with E-state index < -0.39 is 0 Å². The SMILES string of the molecule is CC(NC(=O)c1ccc(Cl)nn1)c1ccncc1. The Hall–Kier alpha value is -2.01. The van der Waals surface area contributed by atoms with E-state index in [0.717, 1.165) is 5.56 Å². The van der Waals surface area contributed by atoms with Crippen molar-refractivity contribution in [2.75, 3.05) is 0 Å². The van der Waals surface area contributed by atoms with Gasteiger partial charge in [-0.15, -0.1) is 10.2 Å². The monoisotopic (exact) mass is 262 g/mol. The molecular weight excluding hydrogens is 252 g/mol. The second-order valence-corrected chi connectivity index (χ2v) is 4.10. The van der Waals surface area contributed by atoms with E-state index in [4.69, 9.17) is 11.6 Å². The second kappa shape index (κ2) is 5.55. The van der Waals surface area contributed by atoms with Gasteiger partial charge >= 0.3 is 0 Å². The third-order valence-corrected chi connectivity index (χ3v) is 2.62. The first kappa shape index (κ1) is 12.4. The molecule has 2 rings (SSSR count). The van der Waals surface area contributed by atoms with Crippen molar-refractivity contribution in [3.63, 3.8) is 0 Å². The Balaban J connectivity index is 2.06. The zero-order valence-electron chi connectivity index (χ0n) is 9.67. The minimum Gasteiger partial charge on any atom is -0.344 e. The molecule has 0 aliphatic carbocycles. The molecule has 0 saturated heterocycles. The highest BCUT2D eigenvalue weighted by Gasteiger charge is 2.12. The Bertz CT molecular complexity index is 530. The normalized spacial score (nSPS) is 11.9. The van der Waals surface area contributed by atoms with Crippen LogP contribution >= 0.6 is 11.6 Å². The van der Waals surface area contributed by atoms with Gasteiger partial charge in [0.2, 0.25) is 0 Å². The number of rotatable bonds is 3. The summed E-state index contributed by atoms with van der Waals surface area (Å²) in [7, 11) is 0. The van der Waals surface area contributed by atoms with Crippen LogP contribution in [0.2, 0.25) is 5.15 Å². The maximum Gasteiger partial charge on any atom is 0.272 e. The molecule has 6 heteroatoms. The number of hydrogen-bond acceptors (Lipinski definition) is 4. The quantitative estimate of drug-likeness (QED) is 0.919. The van der Waals surface area contributed by atoms with Crippen LogP contribution in [-0.4, -0.2) is 21.1 Å². The summed E-state index contributed by atoms with van der Waals surface area (Å²) in [6, 6.07) is 6.62. The van der Waals surface area contributed by atoms with Crippen molar-refractivity contribution in [1.82, 2.24) is 20.5 Å². The van der Waals surface area contributed by atoms with Crippen LogP contribution in [0, 0.1) is 0 Å². The number of nitrogens with one attached hydrogen (secondary N) is 1. The molecule has 0 aliphatic heterocycles. The molecule has 1 unspecified atom stereocenters. The lowest BCUT2D eigenvalue weighted by molar-refractivity contribution is 0.0934. The van der Waals surface area contributed by atoms with Crippen LogP contribution in [0.5, 0.6) is 0 Å². The van der Waals surface area contributed by atoms with E-state index in [1.54, 1.807) is 12.4 Å². The third kappa shape index (κ3) is 3.01. The first-order chi connectivity index (χ1) is 8.66. The van der Waals surface area contributed by atoms with E-state index in [1.165, 1.54) is 12.1 Å². The standard InChI is InChI=1S/C12H11ClN4O/c1-8(9-4-6-14-7-5-9)15-12(18)10-2-3-11(13)17-16-10/h2-8H,1H3,(H,15,18). The van der Waals surface area contributed by atoms with Crippen LogP contribution in [0.4, 0.5) is 0 Å². The van der Waals surface area contributed by atoms with Crippen molar-refractivity contribution in [2.45, 2.75) is 13.0 Å². The molecule has 2 heterocycles. The van der Waals surface area contributed by atoms with Crippen molar-refractivity contribution in [1.29, 1.82) is 0 Å². The summed E-state index contributed by atoms with van der Waals surface area (Å²) in [4.78, 5) is 15.8. The molecule has 0 bridgehead atoms. The highest BCUT2D eigenvalue weighted by molar-refractivity contribution is 6.29. The molecule has 5 nitrogen and oxygen atoms in total. The molecule has 1 N–H and O–H groups in total. The zero-order chi connectivity index (χ0) is 13.0. The maximum absolute atomic E-state index is 11.9. The molecular formula is C12H11ClN4O. The van der Waals surface area contributed by atoms with Gasteiger partial charge in [-0.1, -0.05) is 11.6 Å². The Morgan fingerprint density at radius 2 is 1.94 bits per heavy atom. The van der Waals surface area contributed by atoms with Gasteiger partial charge in [0, 0.05) is 12.4 Å². The highest BCUT2D eigenvalue weighted by atomic mass is 35.5. The van der Waals surface area contributed by atoms with Crippen LogP contribution < -0.4 is 5.32 Å². The molecule has 1 amide bonds. The molecule has 0 fully saturated rings. The minimum absolute atomic E-state index is 0.127. The van der Waals surface area contributed by atoms with Gasteiger partial charge in [-0.25, -0.2) is 0 Å². The number of amides is 1. The Kier molecular flexibility index (Phi) is 3.84. The van der Waals surface area contributed by atoms with Crippen LogP contribution in [0.25, 0.3) is 0 Å². The number of carbonyl (C=O) groups excluding carboxylic acids is 1. The largest absolute Gasteiger partial charge is 0.344 e. The third-order valence-electron chi connectivity index (χ3n) is 2.42. The fraction of sp³-hybridized carbons (Fsp3) is 0.167. The lowest BCUT2D eigenvalue weighted by atomic mass is 10.1. The number of pyridine rings is 1. The summed E-state index contributed by atoms with van der Waals surface area (Å²) in [6.07, 6.45) is 3.36. The van der Waals surface area contributed by atoms with Gasteiger partial charge in [-0.2, -0.15) is 0 Å². The molecule has 1 atom stereocenters. The predicted octanol–water partition coefficient (Wildman–Crippen LogP) is 2.02. The molecule has 0 aliphatic rings. The molecule has 2 aromatic heterocycles. The fourth-order valence-electron chi connectivity index (χ4n) is 1.44. The first-order valence-corrected chi connectivity index (χ1v) is 5.74. The first-order valence-electron chi connectivity index (χ1n) is 5.37. The van der Waals surface area contributed by atoms with Crippen LogP contribution in [0.15, 0.2) is 36.7 Å². The Morgan fingerprint density at radius 3 is 2.56 bits per heavy atom. The number of aromatic nitrogens is 3. The molecule has 92 valence electrons. The maximum atomic E-state index is 11.9. The summed E-state index contributed by atoms with van der Waals surface area (Å²) in [5.74, 6) is -0.288. The lowest BCUT2D eigenvalue weighted by Crippen LogP contribution is -2.27. The van der Waals surface area contributed by atoms with Crippen LogP contribution in [-0.2, 0) is 0 Å². The van der Waals surface area contributed by atoms with E-state index in [1.807, 2.05) is 19.1 Å². The smallest absolute Gasteiger partial charge is 0.272 e. The van der Waals surface area contributed by atoms with Crippen molar-refractivity contribution in [3.8, 4) is 0 Å². The fourth-order valence-corrected chi connectivity index (χ4v) is 1.54. The minimum atomic E-state index is -0.288. The molecule has 2 aromatic rings. The van der Waals surface area contributed by atoms with Crippen molar-refractivity contribution < 1.29 is 4.79 Å². The van der Waals surface area contributed by atoms with Gasteiger partial charge < -0.3 is 5.32 Å². The number of carbonyl (C=O) groups is 1. The van der Waals surface area contributed by atoms with Gasteiger partial charge in [-0.05, 0) is 36.8 Å². The van der Waals surface area contributed by atoms with Gasteiger partial charge in [0.25, 0.3) is 5.91 Å². The lowest BCUT2D eigenvalue weighted by Gasteiger charge is -2.13. The summed E-state index contributed by atoms with van der Waals surface area (Å²) >= 11 is 5.61. The summed E-state index contributed by atoms with van der Waals surface area (Å²) in [6.45, 7) is 1.89. The van der Waals surface area contributed by atoms with Crippen molar-refractivity contribution >= 4 is 17.5 Å². The van der Waals surface area contributed by atoms with E-state index in [9.17, 15) is 4.79 Å². The second-order valence-electron chi connectivity index (χ2n) is 3.72. The molecule has 0 aromatic carbocycles. The summed E-state index contributed by atoms with van der Waals surface area (Å²) < 4.78 is 0. The topological polar surface area (TPSA) is 67.8 Å². The van der Waals surface area contributed by atoms with E-state index >= 15 is 0 Å². The highest BCUT2D eigenvalue weighted by Crippen LogP contribution is 2.11. The molecule has 0 spiro atoms. The number of hydrogen-bond donors (Lipinski definition) is 1. The van der Waals surface area contributed by atoms with Gasteiger partial charge in [0.15, 0.2) is 10.8 Å². The van der Waals surface area contributed by atoms with E-state index in [2.05, 4.69) is 20.5 Å². The van der Waals surface area contributed by atoms with Crippen molar-refractivity contribution in [3.05, 3.63) is 53.1 Å². The zero-order valence-corrected chi connectivity index (χ0v) is 10.4. The number of nitrogens with zero attached hydrogens (tertiary/aromatic N) is 3. The average molecular weight is 263 g/mol.